The molecule has 0 bridgehead atoms. The molecule has 0 saturated heterocycles. The van der Waals surface area contributed by atoms with Gasteiger partial charge in [0.2, 0.25) is 0 Å². The van der Waals surface area contributed by atoms with Gasteiger partial charge in [-0.25, -0.2) is 0 Å². The minimum absolute atomic E-state index is 0.880. The number of H-pyrrole nitrogens is 1. The summed E-state index contributed by atoms with van der Waals surface area (Å²) in [6.07, 6.45) is 8.24. The smallest absolute Gasteiger partial charge is 0.121 e. The topological polar surface area (TPSA) is 40.2 Å². The quantitative estimate of drug-likeness (QED) is 0.798. The van der Waals surface area contributed by atoms with Crippen LogP contribution in [-0.4, -0.2) is 23.9 Å². The molecule has 0 atom stereocenters. The molecule has 1 aliphatic rings. The first-order valence-corrected chi connectivity index (χ1v) is 5.58. The maximum Gasteiger partial charge on any atom is 0.121 e. The molecule has 0 aromatic carbocycles. The summed E-state index contributed by atoms with van der Waals surface area (Å²) in [5.41, 5.74) is 3.52. The third-order valence-electron chi connectivity index (χ3n) is 2.47. The van der Waals surface area contributed by atoms with Crippen molar-refractivity contribution in [2.75, 3.05) is 13.1 Å². The summed E-state index contributed by atoms with van der Waals surface area (Å²) in [5, 5.41) is 3.22. The first-order valence-electron chi connectivity index (χ1n) is 5.58. The highest BCUT2D eigenvalue weighted by Gasteiger charge is 2.02. The lowest BCUT2D eigenvalue weighted by atomic mass is 10.2. The summed E-state index contributed by atoms with van der Waals surface area (Å²) in [6, 6.07) is 2.14. The number of nitrogens with zero attached hydrogens (tertiary/aromatic N) is 1. The van der Waals surface area contributed by atoms with Crippen molar-refractivity contribution >= 4 is 18.0 Å². The van der Waals surface area contributed by atoms with Crippen LogP contribution in [0.5, 0.6) is 0 Å². The Balaban J connectivity index is 2.19. The maximum absolute atomic E-state index is 4.32. The Morgan fingerprint density at radius 1 is 1.31 bits per heavy atom. The second-order valence-corrected chi connectivity index (χ2v) is 3.85. The third kappa shape index (κ3) is 2.42. The first-order chi connectivity index (χ1) is 7.79. The Labute approximate surface area is 96.0 Å². The van der Waals surface area contributed by atoms with Gasteiger partial charge in [0.1, 0.15) is 5.84 Å². The van der Waals surface area contributed by atoms with E-state index in [0.29, 0.717) is 0 Å². The van der Waals surface area contributed by atoms with Gasteiger partial charge in [-0.3, -0.25) is 4.99 Å². The highest BCUT2D eigenvalue weighted by atomic mass is 15.1. The van der Waals surface area contributed by atoms with E-state index >= 15 is 0 Å². The molecule has 1 aliphatic heterocycles. The van der Waals surface area contributed by atoms with Crippen LogP contribution in [0.15, 0.2) is 23.2 Å². The van der Waals surface area contributed by atoms with Crippen molar-refractivity contribution in [2.24, 2.45) is 4.99 Å². The number of hydrogen-bond donors (Lipinski definition) is 2. The van der Waals surface area contributed by atoms with E-state index in [9.17, 15) is 0 Å². The van der Waals surface area contributed by atoms with Gasteiger partial charge in [0, 0.05) is 17.9 Å². The van der Waals surface area contributed by atoms with Crippen LogP contribution in [0.4, 0.5) is 0 Å². The van der Waals surface area contributed by atoms with Crippen LogP contribution < -0.4 is 5.32 Å². The van der Waals surface area contributed by atoms with E-state index in [2.05, 4.69) is 40.4 Å². The lowest BCUT2D eigenvalue weighted by molar-refractivity contribution is 0.961. The predicted molar refractivity (Wildman–Crippen MR) is 69.6 cm³/mol. The Bertz CT molecular complexity index is 450. The molecule has 0 aliphatic carbocycles. The molecule has 0 fully saturated rings. The molecule has 3 nitrogen and oxygen atoms in total. The van der Waals surface area contributed by atoms with Crippen molar-refractivity contribution in [1.82, 2.24) is 10.3 Å². The molecule has 2 N–H and O–H groups in total. The van der Waals surface area contributed by atoms with Gasteiger partial charge in [-0.2, -0.15) is 0 Å². The van der Waals surface area contributed by atoms with Crippen LogP contribution >= 0.6 is 0 Å². The van der Waals surface area contributed by atoms with Crippen LogP contribution in [-0.2, 0) is 0 Å². The number of amidine groups is 1. The van der Waals surface area contributed by atoms with E-state index < -0.39 is 0 Å². The normalized spacial score (nSPS) is 16.0. The molecule has 1 aromatic rings. The molecule has 3 heteroatoms. The lowest BCUT2D eigenvalue weighted by Gasteiger charge is -1.94. The summed E-state index contributed by atoms with van der Waals surface area (Å²) in [7, 11) is 0. The van der Waals surface area contributed by atoms with Gasteiger partial charge in [0.15, 0.2) is 0 Å². The molecule has 0 unspecified atom stereocenters. The van der Waals surface area contributed by atoms with Gasteiger partial charge in [-0.1, -0.05) is 12.2 Å². The number of aromatic nitrogens is 1. The van der Waals surface area contributed by atoms with Crippen molar-refractivity contribution in [3.05, 3.63) is 35.2 Å². The third-order valence-corrected chi connectivity index (χ3v) is 2.47. The predicted octanol–water partition coefficient (Wildman–Crippen LogP) is 2.37. The number of nitrogens with one attached hydrogen (secondary N) is 2. The van der Waals surface area contributed by atoms with Crippen LogP contribution in [0.2, 0.25) is 0 Å². The Morgan fingerprint density at radius 3 is 2.88 bits per heavy atom. The number of aliphatic imine (C=N–C) groups is 1. The van der Waals surface area contributed by atoms with Gasteiger partial charge in [-0.15, -0.1) is 0 Å². The minimum atomic E-state index is 0.880. The summed E-state index contributed by atoms with van der Waals surface area (Å²) in [4.78, 5) is 7.65. The number of aromatic amines is 1. The van der Waals surface area contributed by atoms with Gasteiger partial charge in [0.25, 0.3) is 0 Å². The molecule has 2 heterocycles. The molecule has 2 rings (SSSR count). The summed E-state index contributed by atoms with van der Waals surface area (Å²) >= 11 is 0. The van der Waals surface area contributed by atoms with Gasteiger partial charge in [0.05, 0.1) is 6.54 Å². The van der Waals surface area contributed by atoms with Crippen LogP contribution in [0.1, 0.15) is 23.9 Å². The average Bonchev–Trinajstić information content (AvgIpc) is 2.86. The molecule has 16 heavy (non-hydrogen) atoms. The average molecular weight is 215 g/mol. The zero-order chi connectivity index (χ0) is 11.4. The number of rotatable bonds is 3. The van der Waals surface area contributed by atoms with Crippen molar-refractivity contribution < 1.29 is 0 Å². The molecule has 1 aromatic heterocycles. The molecule has 0 spiro atoms. The molecule has 0 radical (unpaired) electrons. The molecular formula is C13H17N3. The van der Waals surface area contributed by atoms with Gasteiger partial charge in [-0.05, 0) is 37.6 Å². The molecule has 84 valence electrons. The summed E-state index contributed by atoms with van der Waals surface area (Å²) < 4.78 is 0. The van der Waals surface area contributed by atoms with Crippen molar-refractivity contribution in [1.29, 1.82) is 0 Å². The zero-order valence-corrected chi connectivity index (χ0v) is 9.75. The maximum atomic E-state index is 4.32. The second-order valence-electron chi connectivity index (χ2n) is 3.85. The van der Waals surface area contributed by atoms with E-state index in [0.717, 1.165) is 24.6 Å². The van der Waals surface area contributed by atoms with E-state index in [1.165, 1.54) is 11.3 Å². The largest absolute Gasteiger partial charge is 0.369 e. The van der Waals surface area contributed by atoms with Gasteiger partial charge < -0.3 is 10.3 Å². The van der Waals surface area contributed by atoms with Crippen LogP contribution in [0.25, 0.3) is 12.2 Å². The second kappa shape index (κ2) is 4.84. The fraction of sp³-hybridized carbons (Fsp3) is 0.308. The highest BCUT2D eigenvalue weighted by Crippen LogP contribution is 2.14. The lowest BCUT2D eigenvalue weighted by Crippen LogP contribution is -2.15. The Hall–Kier alpha value is -1.77. The Morgan fingerprint density at radius 2 is 2.19 bits per heavy atom. The van der Waals surface area contributed by atoms with E-state index in [1.807, 2.05) is 19.1 Å². The van der Waals surface area contributed by atoms with E-state index in [-0.39, 0.29) is 0 Å². The summed E-state index contributed by atoms with van der Waals surface area (Å²) in [5.74, 6) is 0.971. The number of allylic oxidation sites excluding steroid dienone is 1. The standard InChI is InChI=1S/C13H17N3/c1-3-4-11-9-10(2)16-12(11)5-6-13-14-7-8-15-13/h3-6,9,16H,7-8H2,1-2H3,(H,14,15)/b4-3-,6-5+. The fourth-order valence-electron chi connectivity index (χ4n) is 1.78. The van der Waals surface area contributed by atoms with E-state index in [1.54, 1.807) is 0 Å². The zero-order valence-electron chi connectivity index (χ0n) is 9.75. The van der Waals surface area contributed by atoms with Crippen molar-refractivity contribution in [3.8, 4) is 0 Å². The SMILES string of the molecule is C/C=C\c1cc(C)[nH]c1/C=C/C1=NCCN1. The van der Waals surface area contributed by atoms with Crippen molar-refractivity contribution in [2.45, 2.75) is 13.8 Å². The van der Waals surface area contributed by atoms with Crippen LogP contribution in [0, 0.1) is 6.92 Å². The monoisotopic (exact) mass is 215 g/mol. The van der Waals surface area contributed by atoms with E-state index in [4.69, 9.17) is 0 Å². The Kier molecular flexibility index (Phi) is 3.25. The summed E-state index contributed by atoms with van der Waals surface area (Å²) in [6.45, 7) is 5.92. The molecule has 0 saturated carbocycles. The molecular weight excluding hydrogens is 198 g/mol. The van der Waals surface area contributed by atoms with Gasteiger partial charge >= 0.3 is 0 Å². The number of hydrogen-bond acceptors (Lipinski definition) is 2. The molecule has 0 amide bonds. The minimum Gasteiger partial charge on any atom is -0.369 e. The highest BCUT2D eigenvalue weighted by molar-refractivity contribution is 5.97. The fourth-order valence-corrected chi connectivity index (χ4v) is 1.78. The first kappa shape index (κ1) is 10.7. The van der Waals surface area contributed by atoms with Crippen LogP contribution in [0.3, 0.4) is 0 Å². The number of aryl methyl sites for hydroxylation is 1. The van der Waals surface area contributed by atoms with Crippen molar-refractivity contribution in [3.63, 3.8) is 0 Å².